The minimum absolute atomic E-state index is 0.293. The van der Waals surface area contributed by atoms with Gasteiger partial charge in [0.05, 0.1) is 40.1 Å². The molecule has 0 spiro atoms. The van der Waals surface area contributed by atoms with E-state index in [2.05, 4.69) is 152 Å². The highest BCUT2D eigenvalue weighted by Gasteiger charge is 2.47. The van der Waals surface area contributed by atoms with Crippen LogP contribution in [0.1, 0.15) is 58.4 Å². The molecule has 0 atom stereocenters. The molecule has 8 rings (SSSR count). The Labute approximate surface area is 263 Å². The number of benzene rings is 6. The van der Waals surface area contributed by atoms with Crippen molar-refractivity contribution in [1.29, 1.82) is 10.5 Å². The summed E-state index contributed by atoms with van der Waals surface area (Å²) >= 11 is 0. The van der Waals surface area contributed by atoms with Gasteiger partial charge in [-0.1, -0.05) is 111 Å². The van der Waals surface area contributed by atoms with Gasteiger partial charge in [0.2, 0.25) is 0 Å². The molecule has 0 fully saturated rings. The first kappa shape index (κ1) is 26.7. The van der Waals surface area contributed by atoms with Gasteiger partial charge in [0.1, 0.15) is 0 Å². The zero-order chi connectivity index (χ0) is 30.8. The molecule has 1 heterocycles. The van der Waals surface area contributed by atoms with Crippen molar-refractivity contribution in [2.24, 2.45) is 0 Å². The van der Waals surface area contributed by atoms with Gasteiger partial charge in [-0.15, -0.1) is 0 Å². The third-order valence-corrected chi connectivity index (χ3v) is 9.75. The van der Waals surface area contributed by atoms with Crippen LogP contribution in [-0.2, 0) is 10.8 Å². The largest absolute Gasteiger partial charge is 0.310 e. The van der Waals surface area contributed by atoms with E-state index in [-0.39, 0.29) is 5.41 Å². The molecule has 212 valence electrons. The molecule has 0 radical (unpaired) electrons. The van der Waals surface area contributed by atoms with Crippen LogP contribution in [0.5, 0.6) is 0 Å². The summed E-state index contributed by atoms with van der Waals surface area (Å²) in [5, 5.41) is 20.1. The van der Waals surface area contributed by atoms with E-state index in [0.29, 0.717) is 11.1 Å². The van der Waals surface area contributed by atoms with Gasteiger partial charge in [-0.25, -0.2) is 0 Å². The Bertz CT molecular complexity index is 2150. The Kier molecular flexibility index (Phi) is 5.82. The molecule has 1 aliphatic heterocycles. The second-order valence-electron chi connectivity index (χ2n) is 12.4. The highest BCUT2D eigenvalue weighted by atomic mass is 15.2. The lowest BCUT2D eigenvalue weighted by atomic mass is 9.65. The van der Waals surface area contributed by atoms with Gasteiger partial charge in [-0.3, -0.25) is 0 Å². The quantitative estimate of drug-likeness (QED) is 0.211. The van der Waals surface area contributed by atoms with E-state index in [1.165, 1.54) is 27.9 Å². The summed E-state index contributed by atoms with van der Waals surface area (Å²) in [5.41, 5.74) is 12.5. The van der Waals surface area contributed by atoms with Gasteiger partial charge in [0.15, 0.2) is 0 Å². The SMILES string of the molecule is CC1(C)c2ccccc2N(c2ccccc2)c2ccc(C3(c4cc(C#N)cc(C#N)c4)c4ccccc4-c4ccccc43)cc21. The van der Waals surface area contributed by atoms with Crippen LogP contribution in [0.4, 0.5) is 17.1 Å². The van der Waals surface area contributed by atoms with Gasteiger partial charge in [0.25, 0.3) is 0 Å². The monoisotopic (exact) mass is 575 g/mol. The molecule has 0 unspecified atom stereocenters. The standard InChI is InChI=1S/C42H29N3/c1-41(2)37-18-10-11-19-39(37)45(32-12-4-3-5-13-32)40-21-20-30(25-38(40)41)42(31-23-28(26-43)22-29(24-31)27-44)35-16-8-6-14-33(35)34-15-7-9-17-36(34)42/h3-25H,1-2H3. The fourth-order valence-corrected chi connectivity index (χ4v) is 7.79. The summed E-state index contributed by atoms with van der Waals surface area (Å²) in [5.74, 6) is 0. The predicted molar refractivity (Wildman–Crippen MR) is 180 cm³/mol. The molecule has 0 saturated carbocycles. The smallest absolute Gasteiger partial charge is 0.0992 e. The summed E-state index contributed by atoms with van der Waals surface area (Å²) in [6.07, 6.45) is 0. The van der Waals surface area contributed by atoms with E-state index in [4.69, 9.17) is 0 Å². The second-order valence-corrected chi connectivity index (χ2v) is 12.4. The van der Waals surface area contributed by atoms with E-state index in [1.54, 1.807) is 6.07 Å². The van der Waals surface area contributed by atoms with Crippen molar-refractivity contribution >= 4 is 17.1 Å². The summed E-state index contributed by atoms with van der Waals surface area (Å²) in [6, 6.07) is 53.5. The minimum Gasteiger partial charge on any atom is -0.310 e. The Hall–Kier alpha value is -5.90. The number of nitriles is 2. The van der Waals surface area contributed by atoms with Crippen LogP contribution in [0, 0.1) is 22.7 Å². The highest BCUT2D eigenvalue weighted by Crippen LogP contribution is 2.58. The second kappa shape index (κ2) is 9.81. The van der Waals surface area contributed by atoms with E-state index >= 15 is 0 Å². The molecule has 3 nitrogen and oxygen atoms in total. The third-order valence-electron chi connectivity index (χ3n) is 9.75. The molecule has 0 saturated heterocycles. The van der Waals surface area contributed by atoms with Crippen molar-refractivity contribution in [3.8, 4) is 23.3 Å². The molecule has 1 aliphatic carbocycles. The molecular weight excluding hydrogens is 546 g/mol. The van der Waals surface area contributed by atoms with Crippen molar-refractivity contribution < 1.29 is 0 Å². The van der Waals surface area contributed by atoms with Gasteiger partial charge in [-0.05, 0) is 87.0 Å². The van der Waals surface area contributed by atoms with Crippen LogP contribution < -0.4 is 4.90 Å². The Balaban J connectivity index is 1.49. The zero-order valence-corrected chi connectivity index (χ0v) is 25.1. The van der Waals surface area contributed by atoms with Gasteiger partial charge >= 0.3 is 0 Å². The van der Waals surface area contributed by atoms with Crippen LogP contribution in [-0.4, -0.2) is 0 Å². The number of para-hydroxylation sites is 2. The van der Waals surface area contributed by atoms with Crippen LogP contribution in [0.25, 0.3) is 11.1 Å². The average Bonchev–Trinajstić information content (AvgIpc) is 3.40. The van der Waals surface area contributed by atoms with Crippen molar-refractivity contribution in [3.05, 3.63) is 184 Å². The van der Waals surface area contributed by atoms with E-state index in [9.17, 15) is 10.5 Å². The Morgan fingerprint density at radius 2 is 1.02 bits per heavy atom. The fourth-order valence-electron chi connectivity index (χ4n) is 7.79. The van der Waals surface area contributed by atoms with Crippen molar-refractivity contribution in [2.75, 3.05) is 4.90 Å². The maximum absolute atomic E-state index is 10.1. The number of hydrogen-bond acceptors (Lipinski definition) is 3. The Morgan fingerprint density at radius 3 is 1.64 bits per heavy atom. The Morgan fingerprint density at radius 1 is 0.489 bits per heavy atom. The highest BCUT2D eigenvalue weighted by molar-refractivity contribution is 5.89. The fraction of sp³-hybridized carbons (Fsp3) is 0.0952. The summed E-state index contributed by atoms with van der Waals surface area (Å²) in [7, 11) is 0. The van der Waals surface area contributed by atoms with Crippen LogP contribution in [0.3, 0.4) is 0 Å². The van der Waals surface area contributed by atoms with Gasteiger partial charge in [-0.2, -0.15) is 10.5 Å². The third kappa shape index (κ3) is 3.68. The topological polar surface area (TPSA) is 50.8 Å². The van der Waals surface area contributed by atoms with E-state index < -0.39 is 5.41 Å². The molecule has 6 aromatic carbocycles. The zero-order valence-electron chi connectivity index (χ0n) is 25.1. The average molecular weight is 576 g/mol. The molecule has 45 heavy (non-hydrogen) atoms. The molecule has 0 amide bonds. The van der Waals surface area contributed by atoms with Crippen molar-refractivity contribution in [3.63, 3.8) is 0 Å². The van der Waals surface area contributed by atoms with Gasteiger partial charge in [0, 0.05) is 11.1 Å². The van der Waals surface area contributed by atoms with Gasteiger partial charge < -0.3 is 4.90 Å². The number of rotatable bonds is 3. The lowest BCUT2D eigenvalue weighted by Gasteiger charge is -2.43. The summed E-state index contributed by atoms with van der Waals surface area (Å²) in [4.78, 5) is 2.37. The summed E-state index contributed by atoms with van der Waals surface area (Å²) in [6.45, 7) is 4.62. The first-order chi connectivity index (χ1) is 22.0. The molecule has 0 aromatic heterocycles. The first-order valence-electron chi connectivity index (χ1n) is 15.2. The lowest BCUT2D eigenvalue weighted by Crippen LogP contribution is -2.33. The normalized spacial score (nSPS) is 14.7. The van der Waals surface area contributed by atoms with Crippen LogP contribution in [0.15, 0.2) is 140 Å². The number of fused-ring (bicyclic) bond motifs is 5. The number of nitrogens with zero attached hydrogens (tertiary/aromatic N) is 3. The van der Waals surface area contributed by atoms with E-state index in [1.807, 2.05) is 12.1 Å². The predicted octanol–water partition coefficient (Wildman–Crippen LogP) is 9.90. The lowest BCUT2D eigenvalue weighted by molar-refractivity contribution is 0.627. The summed E-state index contributed by atoms with van der Waals surface area (Å²) < 4.78 is 0. The first-order valence-corrected chi connectivity index (χ1v) is 15.2. The van der Waals surface area contributed by atoms with E-state index in [0.717, 1.165) is 33.6 Å². The molecule has 0 N–H and O–H groups in total. The van der Waals surface area contributed by atoms with Crippen LogP contribution >= 0.6 is 0 Å². The molecule has 2 aliphatic rings. The maximum Gasteiger partial charge on any atom is 0.0992 e. The molecule has 0 bridgehead atoms. The molecular formula is C42H29N3. The molecule has 3 heteroatoms. The molecule has 6 aromatic rings. The maximum atomic E-state index is 10.1. The number of anilines is 3. The van der Waals surface area contributed by atoms with Crippen molar-refractivity contribution in [1.82, 2.24) is 0 Å². The minimum atomic E-state index is -0.731. The van der Waals surface area contributed by atoms with Crippen molar-refractivity contribution in [2.45, 2.75) is 24.7 Å². The van der Waals surface area contributed by atoms with Crippen LogP contribution in [0.2, 0.25) is 0 Å². The number of hydrogen-bond donors (Lipinski definition) is 0.